The van der Waals surface area contributed by atoms with Gasteiger partial charge in [-0.3, -0.25) is 28.0 Å². The Morgan fingerprint density at radius 3 is 2.18 bits per heavy atom. The largest absolute Gasteiger partial charge is 0.481 e. The zero-order chi connectivity index (χ0) is 53.1. The molecule has 0 bridgehead atoms. The van der Waals surface area contributed by atoms with Crippen LogP contribution in [0.2, 0.25) is 5.02 Å². The molecule has 13 nitrogen and oxygen atoms in total. The van der Waals surface area contributed by atoms with Gasteiger partial charge in [0.25, 0.3) is 5.92 Å². The summed E-state index contributed by atoms with van der Waals surface area (Å²) in [6.07, 6.45) is -8.56. The first-order chi connectivity index (χ1) is 32.9. The number of aliphatic carboxylic acids is 1. The lowest BCUT2D eigenvalue weighted by Crippen LogP contribution is -2.33. The zero-order valence-electron chi connectivity index (χ0n) is 38.4. The number of anilines is 1. The monoisotopic (exact) mass is 1070 g/mol. The predicted octanol–water partition coefficient (Wildman–Crippen LogP) is 9.53. The summed E-state index contributed by atoms with van der Waals surface area (Å²) < 4.78 is 162. The molecule has 71 heavy (non-hydrogen) atoms. The van der Waals surface area contributed by atoms with E-state index in [0.717, 1.165) is 23.1 Å². The average Bonchev–Trinajstić information content (AvgIpc) is 3.89. The molecule has 3 unspecified atom stereocenters. The van der Waals surface area contributed by atoms with E-state index in [2.05, 4.69) is 32.3 Å². The summed E-state index contributed by atoms with van der Waals surface area (Å²) in [6, 6.07) is 7.05. The molecule has 0 radical (unpaired) electrons. The Labute approximate surface area is 409 Å². The van der Waals surface area contributed by atoms with Crippen LogP contribution in [0.5, 0.6) is 0 Å². The van der Waals surface area contributed by atoms with Crippen molar-refractivity contribution < 1.29 is 71.8 Å². The molecule has 2 amide bonds. The van der Waals surface area contributed by atoms with Gasteiger partial charge in [0, 0.05) is 71.9 Å². The third kappa shape index (κ3) is 13.2. The van der Waals surface area contributed by atoms with Gasteiger partial charge in [-0.15, -0.1) is 0 Å². The number of aromatic nitrogens is 5. The van der Waals surface area contributed by atoms with Gasteiger partial charge in [-0.1, -0.05) is 30.5 Å². The van der Waals surface area contributed by atoms with Crippen LogP contribution in [0.1, 0.15) is 99.2 Å². The van der Waals surface area contributed by atoms with Crippen LogP contribution in [0.15, 0.2) is 42.5 Å². The average molecular weight is 1070 g/mol. The van der Waals surface area contributed by atoms with Gasteiger partial charge >= 0.3 is 18.3 Å². The van der Waals surface area contributed by atoms with E-state index in [1.165, 1.54) is 44.4 Å². The first-order valence-electron chi connectivity index (χ1n) is 21.1. The van der Waals surface area contributed by atoms with Crippen LogP contribution in [0.25, 0.3) is 22.0 Å². The van der Waals surface area contributed by atoms with Gasteiger partial charge in [0.1, 0.15) is 45.3 Å². The fraction of sp³-hybridized carbons (Fsp3) is 0.422. The van der Waals surface area contributed by atoms with E-state index in [9.17, 15) is 66.7 Å². The summed E-state index contributed by atoms with van der Waals surface area (Å²) in [5.74, 6) is -2.74. The lowest BCUT2D eigenvalue weighted by atomic mass is 9.94. The molecule has 1 aliphatic rings. The topological polar surface area (TPSA) is 169 Å². The molecule has 2 N–H and O–H groups in total. The zero-order valence-corrected chi connectivity index (χ0v) is 40.8. The lowest BCUT2D eigenvalue weighted by molar-refractivity contribution is -0.143. The van der Waals surface area contributed by atoms with Crippen molar-refractivity contribution in [2.45, 2.75) is 108 Å². The lowest BCUT2D eigenvalue weighted by Gasteiger charge is -2.21. The molecule has 3 aromatic heterocycles. The molecular weight excluding hydrogens is 1020 g/mol. The van der Waals surface area contributed by atoms with E-state index in [1.54, 1.807) is 13.8 Å². The summed E-state index contributed by atoms with van der Waals surface area (Å²) >= 11 is 6.59. The second-order valence-electron chi connectivity index (χ2n) is 16.7. The second kappa shape index (κ2) is 21.9. The molecule has 0 aliphatic heterocycles. The summed E-state index contributed by atoms with van der Waals surface area (Å²) in [4.78, 5) is 40.9. The summed E-state index contributed by atoms with van der Waals surface area (Å²) in [5.41, 5.74) is -2.12. The van der Waals surface area contributed by atoms with Crippen molar-refractivity contribution in [2.24, 2.45) is 0 Å². The molecule has 3 heterocycles. The number of carbonyl (C=O) groups excluding carboxylic acids is 2. The number of fused-ring (bicyclic) bond motifs is 2. The summed E-state index contributed by atoms with van der Waals surface area (Å²) in [6.45, 7) is 4.42. The van der Waals surface area contributed by atoms with Gasteiger partial charge in [0.2, 0.25) is 12.3 Å². The number of carboxylic acid groups (broad SMARTS) is 1. The van der Waals surface area contributed by atoms with Crippen LogP contribution < -0.4 is 9.62 Å². The number of pyridine rings is 1. The highest BCUT2D eigenvalue weighted by atomic mass is 35.5. The Balaban J connectivity index is 0.000000461. The number of hydrogen-bond acceptors (Lipinski definition) is 8. The maximum absolute atomic E-state index is 14.3. The third-order valence-corrected chi connectivity index (χ3v) is 13.7. The number of halogens is 11. The fourth-order valence-electron chi connectivity index (χ4n) is 7.74. The van der Waals surface area contributed by atoms with Crippen molar-refractivity contribution in [1.82, 2.24) is 29.9 Å². The first kappa shape index (κ1) is 56.0. The normalized spacial score (nSPS) is 15.7. The smallest absolute Gasteiger partial charge is 0.435 e. The Hall–Kier alpha value is -5.87. The SMILES string of the molecule is CCn1nc(C(F)(F)F)c2c1C(F)(F)C[C@@H]2C.CS(=O)N(C(=O)CCCC(=O)O)c1nn(CC(F)(F)F)c2c(-c3ccc(C#CC(C)(C)S(C)=O)nc3C(Cc3cc(F)cc(F)c3)NC=O)ccc(Cl)c12. The Morgan fingerprint density at radius 1 is 1.00 bits per heavy atom. The first-order valence-corrected chi connectivity index (χ1v) is 24.6. The van der Waals surface area contributed by atoms with Crippen molar-refractivity contribution in [3.63, 3.8) is 0 Å². The minimum atomic E-state index is -4.88. The number of amides is 2. The number of hydrogen-bond donors (Lipinski definition) is 2. The van der Waals surface area contributed by atoms with Crippen LogP contribution in [-0.2, 0) is 67.8 Å². The maximum Gasteiger partial charge on any atom is 0.435 e. The number of nitrogens with zero attached hydrogens (tertiary/aromatic N) is 6. The highest BCUT2D eigenvalue weighted by molar-refractivity contribution is 7.86. The van der Waals surface area contributed by atoms with Gasteiger partial charge in [-0.2, -0.15) is 45.3 Å². The molecule has 0 spiro atoms. The van der Waals surface area contributed by atoms with Crippen molar-refractivity contribution >= 4 is 68.4 Å². The number of nitrogens with one attached hydrogen (secondary N) is 1. The van der Waals surface area contributed by atoms with Gasteiger partial charge < -0.3 is 10.4 Å². The van der Waals surface area contributed by atoms with Crippen LogP contribution in [0, 0.1) is 23.5 Å². The molecule has 2 aromatic carbocycles. The molecule has 4 atom stereocenters. The van der Waals surface area contributed by atoms with Crippen LogP contribution >= 0.6 is 11.6 Å². The Morgan fingerprint density at radius 2 is 1.63 bits per heavy atom. The van der Waals surface area contributed by atoms with Crippen LogP contribution in [0.4, 0.5) is 49.7 Å². The molecule has 1 aliphatic carbocycles. The van der Waals surface area contributed by atoms with Crippen molar-refractivity contribution in [3.05, 3.63) is 93.0 Å². The second-order valence-corrected chi connectivity index (χ2v) is 20.2. The highest BCUT2D eigenvalue weighted by Gasteiger charge is 2.53. The molecular formula is C45H44ClF10N7O6S2. The molecule has 26 heteroatoms. The number of carboxylic acids is 1. The van der Waals surface area contributed by atoms with Crippen LogP contribution in [0.3, 0.4) is 0 Å². The Bertz CT molecular complexity index is 2950. The van der Waals surface area contributed by atoms with Crippen LogP contribution in [-0.4, -0.2) is 79.8 Å². The molecule has 0 saturated carbocycles. The Kier molecular flexibility index (Phi) is 17.3. The van der Waals surface area contributed by atoms with Gasteiger partial charge in [-0.05, 0) is 81.3 Å². The van der Waals surface area contributed by atoms with E-state index in [4.69, 9.17) is 16.7 Å². The van der Waals surface area contributed by atoms with Gasteiger partial charge in [-0.25, -0.2) is 22.3 Å². The minimum absolute atomic E-state index is 0.000718. The maximum atomic E-state index is 14.3. The number of rotatable bonds is 15. The third-order valence-electron chi connectivity index (χ3n) is 11.0. The molecule has 0 fully saturated rings. The highest BCUT2D eigenvalue weighted by Crippen LogP contribution is 2.52. The van der Waals surface area contributed by atoms with E-state index in [-0.39, 0.29) is 69.0 Å². The number of aryl methyl sites for hydroxylation is 1. The van der Waals surface area contributed by atoms with Crippen molar-refractivity contribution in [1.29, 1.82) is 0 Å². The van der Waals surface area contributed by atoms with Gasteiger partial charge in [0.05, 0.1) is 27.7 Å². The van der Waals surface area contributed by atoms with E-state index < -0.39 is 123 Å². The van der Waals surface area contributed by atoms with E-state index in [1.807, 2.05) is 0 Å². The van der Waals surface area contributed by atoms with Crippen molar-refractivity contribution in [2.75, 3.05) is 16.8 Å². The summed E-state index contributed by atoms with van der Waals surface area (Å²) in [5, 5.41) is 18.5. The molecule has 0 saturated heterocycles. The van der Waals surface area contributed by atoms with Gasteiger partial charge in [0.15, 0.2) is 11.5 Å². The predicted molar refractivity (Wildman–Crippen MR) is 244 cm³/mol. The molecule has 6 rings (SSSR count). The number of carbonyl (C=O) groups is 3. The van der Waals surface area contributed by atoms with E-state index >= 15 is 0 Å². The van der Waals surface area contributed by atoms with E-state index in [0.29, 0.717) is 21.5 Å². The fourth-order valence-corrected chi connectivity index (χ4v) is 8.92. The standard InChI is InChI=1S/C35H33ClF5N5O6S2.C10H11F5N2/c1-34(2,53(3)51)13-12-23-8-9-24(31(43-23)27(42-19-47)16-20-14-21(37)17-22(38)15-20)25-10-11-26(36)30-32(25)45(18-35(39,40)41)44-33(30)46(54(4)52)28(48)6-5-7-29(49)50;1-3-17-8-6(5(2)4-9(8,11)12)7(16-17)10(13,14)15/h8-11,14-15,17,19,27H,5-7,16,18H2,1-4H3,(H,42,47)(H,49,50);5H,3-4H2,1-2H3/t;5-/m.0/s1. The molecule has 384 valence electrons. The number of alkyl halides is 8. The van der Waals surface area contributed by atoms with Crippen molar-refractivity contribution in [3.8, 4) is 23.0 Å². The number of benzene rings is 2. The molecule has 5 aromatic rings. The minimum Gasteiger partial charge on any atom is -0.481 e. The quantitative estimate of drug-likeness (QED) is 0.0589. The summed E-state index contributed by atoms with van der Waals surface area (Å²) in [7, 11) is -3.61.